The summed E-state index contributed by atoms with van der Waals surface area (Å²) in [6, 6.07) is 0. The van der Waals surface area contributed by atoms with Gasteiger partial charge in [-0.25, -0.2) is 34.0 Å². The molecule has 47 heavy (non-hydrogen) atoms. The zero-order valence-electron chi connectivity index (χ0n) is 23.9. The predicted molar refractivity (Wildman–Crippen MR) is 150 cm³/mol. The highest BCUT2D eigenvalue weighted by molar-refractivity contribution is 7.47. The molecular formula is C22H27N9O14P2. The van der Waals surface area contributed by atoms with Gasteiger partial charge in [0.2, 0.25) is 0 Å². The molecule has 23 nitrogen and oxygen atoms in total. The monoisotopic (exact) mass is 703 g/mol. The third kappa shape index (κ3) is 5.88. The van der Waals surface area contributed by atoms with Crippen molar-refractivity contribution in [3.8, 4) is 0 Å². The van der Waals surface area contributed by atoms with Crippen molar-refractivity contribution in [1.82, 2.24) is 39.0 Å². The van der Waals surface area contributed by atoms with Gasteiger partial charge >= 0.3 is 15.6 Å². The van der Waals surface area contributed by atoms with E-state index in [-0.39, 0.29) is 34.0 Å². The van der Waals surface area contributed by atoms with E-state index >= 15 is 0 Å². The minimum Gasteiger partial charge on any atom is -0.386 e. The first kappa shape index (κ1) is 32.3. The van der Waals surface area contributed by atoms with Crippen LogP contribution in [0.5, 0.6) is 0 Å². The Morgan fingerprint density at radius 1 is 0.957 bits per heavy atom. The zero-order valence-corrected chi connectivity index (χ0v) is 25.7. The minimum atomic E-state index is -5.11. The lowest BCUT2D eigenvalue weighted by atomic mass is 10.1. The molecule has 10 atom stereocenters. The highest BCUT2D eigenvalue weighted by Gasteiger charge is 2.54. The Morgan fingerprint density at radius 3 is 2.32 bits per heavy atom. The summed E-state index contributed by atoms with van der Waals surface area (Å²) < 4.78 is 67.6. The fraction of sp³-hybridized carbons (Fsp3) is 0.545. The normalized spacial score (nSPS) is 36.6. The SMILES string of the molecule is Cc1nc2c(ncn2[C@@H]2O[C@@H]3COP(=O)(O)O[C@@H]4C(O)[C@H](n5cnc6c(N)ncnc65)O[C@@H]4COP(=O)(O)O[C@H]2C3OCO)c(=O)[nH]1. The summed E-state index contributed by atoms with van der Waals surface area (Å²) in [5.41, 5.74) is 5.50. The smallest absolute Gasteiger partial charge is 0.386 e. The lowest BCUT2D eigenvalue weighted by Gasteiger charge is -2.26. The third-order valence-corrected chi connectivity index (χ3v) is 9.63. The van der Waals surface area contributed by atoms with Gasteiger partial charge in [0.05, 0.1) is 25.9 Å². The first-order valence-electron chi connectivity index (χ1n) is 13.7. The van der Waals surface area contributed by atoms with Crippen molar-refractivity contribution in [2.24, 2.45) is 0 Å². The number of imidazole rings is 2. The first-order chi connectivity index (χ1) is 22.4. The van der Waals surface area contributed by atoms with Crippen molar-refractivity contribution >= 4 is 43.8 Å². The molecule has 2 bridgehead atoms. The van der Waals surface area contributed by atoms with Crippen LogP contribution in [0.1, 0.15) is 18.3 Å². The van der Waals surface area contributed by atoms with Crippen molar-refractivity contribution in [3.63, 3.8) is 0 Å². The van der Waals surface area contributed by atoms with Crippen LogP contribution in [0.3, 0.4) is 0 Å². The van der Waals surface area contributed by atoms with Gasteiger partial charge in [-0.3, -0.25) is 32.0 Å². The van der Waals surface area contributed by atoms with Crippen molar-refractivity contribution in [3.05, 3.63) is 35.2 Å². The van der Waals surface area contributed by atoms with Crippen LogP contribution in [-0.2, 0) is 41.4 Å². The van der Waals surface area contributed by atoms with Crippen LogP contribution in [0.4, 0.5) is 5.82 Å². The average Bonchev–Trinajstić information content (AvgIpc) is 3.76. The number of aromatic nitrogens is 8. The Hall–Kier alpha value is -3.28. The van der Waals surface area contributed by atoms with Crippen LogP contribution in [0.25, 0.3) is 22.3 Å². The summed E-state index contributed by atoms with van der Waals surface area (Å²) in [6.45, 7) is -1.01. The standard InChI is InChI=1S/C22H27N9O14P2/c1-8-28-19-12(20(34)29-8)27-6-31(19)22-16-15(39-7-32)10(43-22)3-41-46(35,36)44-14-9(2-40-47(37,38)45-16)42-21(13(14)33)30-5-26-11-17(23)24-4-25-18(11)30/h4-6,9-10,13-16,21-22,32-33H,2-3,7H2,1H3,(H,35,36)(H,37,38)(H2,23,24,25)(H,28,29,34)/t9-,10-,13?,14+,15?,16+,21-,22-/m1/s1. The van der Waals surface area contributed by atoms with Crippen molar-refractivity contribution in [2.75, 3.05) is 25.7 Å². The summed E-state index contributed by atoms with van der Waals surface area (Å²) in [7, 11) is -10.2. The number of rotatable bonds is 4. The number of H-pyrrole nitrogens is 1. The average molecular weight is 703 g/mol. The Morgan fingerprint density at radius 2 is 1.60 bits per heavy atom. The van der Waals surface area contributed by atoms with Crippen LogP contribution in [0.15, 0.2) is 23.8 Å². The number of aryl methyl sites for hydroxylation is 1. The molecule has 7 rings (SSSR count). The molecule has 0 radical (unpaired) electrons. The lowest BCUT2D eigenvalue weighted by Crippen LogP contribution is -2.38. The summed E-state index contributed by atoms with van der Waals surface area (Å²) in [4.78, 5) is 56.9. The topological polar surface area (TPSA) is 313 Å². The van der Waals surface area contributed by atoms with E-state index < -0.39 is 90.3 Å². The van der Waals surface area contributed by atoms with Gasteiger partial charge in [-0.05, 0) is 6.92 Å². The maximum Gasteiger partial charge on any atom is 0.472 e. The van der Waals surface area contributed by atoms with Crippen LogP contribution in [0.2, 0.25) is 0 Å². The molecular weight excluding hydrogens is 676 g/mol. The molecule has 4 unspecified atom stereocenters. The van der Waals surface area contributed by atoms with E-state index in [4.69, 9.17) is 38.0 Å². The maximum absolute atomic E-state index is 13.4. The second-order valence-corrected chi connectivity index (χ2v) is 13.4. The number of fused-ring (bicyclic) bond motifs is 5. The van der Waals surface area contributed by atoms with Crippen molar-refractivity contribution in [2.45, 2.75) is 56.0 Å². The van der Waals surface area contributed by atoms with Gasteiger partial charge in [-0.15, -0.1) is 0 Å². The van der Waals surface area contributed by atoms with Gasteiger partial charge < -0.3 is 44.9 Å². The predicted octanol–water partition coefficient (Wildman–Crippen LogP) is -1.64. The molecule has 0 saturated carbocycles. The molecule has 3 aliphatic heterocycles. The van der Waals surface area contributed by atoms with E-state index in [9.17, 15) is 33.9 Å². The second-order valence-electron chi connectivity index (χ2n) is 10.6. The van der Waals surface area contributed by atoms with E-state index in [1.165, 1.54) is 22.4 Å². The third-order valence-electron chi connectivity index (χ3n) is 7.66. The molecule has 25 heteroatoms. The Labute approximate surface area is 261 Å². The number of phosphoric acid groups is 2. The van der Waals surface area contributed by atoms with Crippen molar-refractivity contribution < 1.29 is 61.4 Å². The molecule has 0 aromatic carbocycles. The second kappa shape index (κ2) is 12.0. The number of hydrogen-bond donors (Lipinski definition) is 6. The number of aliphatic hydroxyl groups is 2. The van der Waals surface area contributed by atoms with Gasteiger partial charge in [0.1, 0.15) is 61.1 Å². The van der Waals surface area contributed by atoms with E-state index in [0.29, 0.717) is 0 Å². The fourth-order valence-corrected chi connectivity index (χ4v) is 7.55. The largest absolute Gasteiger partial charge is 0.472 e. The minimum absolute atomic E-state index is 0.00131. The number of aromatic amines is 1. The highest BCUT2D eigenvalue weighted by atomic mass is 31.2. The van der Waals surface area contributed by atoms with Gasteiger partial charge in [0.25, 0.3) is 5.56 Å². The van der Waals surface area contributed by atoms with E-state index in [0.717, 1.165) is 12.7 Å². The summed E-state index contributed by atoms with van der Waals surface area (Å²) >= 11 is 0. The molecule has 7 N–H and O–H groups in total. The molecule has 4 aromatic rings. The molecule has 0 spiro atoms. The lowest BCUT2D eigenvalue weighted by molar-refractivity contribution is -0.106. The Balaban J connectivity index is 1.23. The van der Waals surface area contributed by atoms with Crippen molar-refractivity contribution in [1.29, 1.82) is 0 Å². The molecule has 4 aromatic heterocycles. The number of aliphatic hydroxyl groups excluding tert-OH is 2. The number of phosphoric ester groups is 2. The highest BCUT2D eigenvalue weighted by Crippen LogP contribution is 2.54. The number of nitrogen functional groups attached to an aromatic ring is 1. The van der Waals surface area contributed by atoms with Gasteiger partial charge in [-0.2, -0.15) is 0 Å². The molecule has 254 valence electrons. The summed E-state index contributed by atoms with van der Waals surface area (Å²) in [5, 5.41) is 20.8. The van der Waals surface area contributed by atoms with Gasteiger partial charge in [0.15, 0.2) is 35.1 Å². The number of nitrogens with zero attached hydrogens (tertiary/aromatic N) is 7. The molecule has 0 amide bonds. The van der Waals surface area contributed by atoms with Crippen LogP contribution < -0.4 is 11.3 Å². The fourth-order valence-electron chi connectivity index (χ4n) is 5.66. The zero-order chi connectivity index (χ0) is 33.2. The van der Waals surface area contributed by atoms with Crippen LogP contribution in [0, 0.1) is 6.92 Å². The van der Waals surface area contributed by atoms with Crippen LogP contribution >= 0.6 is 15.6 Å². The van der Waals surface area contributed by atoms with Gasteiger partial charge in [-0.1, -0.05) is 0 Å². The Bertz CT molecular complexity index is 1970. The molecule has 3 aliphatic rings. The number of nitrogens with one attached hydrogen (secondary N) is 1. The number of hydrogen-bond acceptors (Lipinski definition) is 18. The Kier molecular flexibility index (Phi) is 8.24. The number of ether oxygens (including phenoxy) is 3. The van der Waals surface area contributed by atoms with E-state index in [2.05, 4.69) is 29.9 Å². The quantitative estimate of drug-likeness (QED) is 0.102. The first-order valence-corrected chi connectivity index (χ1v) is 16.7. The maximum atomic E-state index is 13.4. The van der Waals surface area contributed by atoms with Crippen LogP contribution in [-0.4, -0.2) is 116 Å². The van der Waals surface area contributed by atoms with Gasteiger partial charge in [0, 0.05) is 0 Å². The number of nitrogens with two attached hydrogens (primary N) is 1. The summed E-state index contributed by atoms with van der Waals surface area (Å²) in [5.74, 6) is 0.251. The molecule has 7 heterocycles. The molecule has 3 fully saturated rings. The molecule has 3 saturated heterocycles. The summed E-state index contributed by atoms with van der Waals surface area (Å²) in [6.07, 6.45) is -8.46. The molecule has 0 aliphatic carbocycles. The number of anilines is 1. The van der Waals surface area contributed by atoms with E-state index in [1.807, 2.05) is 0 Å². The van der Waals surface area contributed by atoms with E-state index in [1.54, 1.807) is 0 Å².